The van der Waals surface area contributed by atoms with Gasteiger partial charge < -0.3 is 20.1 Å². The first-order chi connectivity index (χ1) is 10.9. The molecule has 0 saturated carbocycles. The minimum atomic E-state index is -0.0301. The van der Waals surface area contributed by atoms with Gasteiger partial charge in [-0.15, -0.1) is 0 Å². The molecule has 23 heavy (non-hydrogen) atoms. The second-order valence-corrected chi connectivity index (χ2v) is 5.46. The van der Waals surface area contributed by atoms with E-state index in [1.54, 1.807) is 30.1 Å². The number of benzene rings is 1. The van der Waals surface area contributed by atoms with Crippen molar-refractivity contribution in [1.29, 1.82) is 0 Å². The minimum Gasteiger partial charge on any atom is -0.493 e. The lowest BCUT2D eigenvalue weighted by atomic mass is 10.1. The molecular formula is C17H26N2O4. The van der Waals surface area contributed by atoms with Gasteiger partial charge in [0.1, 0.15) is 0 Å². The van der Waals surface area contributed by atoms with Gasteiger partial charge in [0.15, 0.2) is 17.3 Å². The molecule has 1 atom stereocenters. The zero-order valence-electron chi connectivity index (χ0n) is 14.3. The number of likely N-dealkylation sites (N-methyl/N-ethyl adjacent to an activating group) is 1. The topological polar surface area (TPSA) is 81.9 Å². The first kappa shape index (κ1) is 19.0. The van der Waals surface area contributed by atoms with Crippen molar-refractivity contribution >= 4 is 11.7 Å². The lowest BCUT2D eigenvalue weighted by molar-refractivity contribution is -0.131. The average Bonchev–Trinajstić information content (AvgIpc) is 2.56. The number of ketones is 1. The van der Waals surface area contributed by atoms with Crippen molar-refractivity contribution in [3.63, 3.8) is 0 Å². The highest BCUT2D eigenvalue weighted by molar-refractivity contribution is 5.94. The van der Waals surface area contributed by atoms with Crippen molar-refractivity contribution < 1.29 is 19.1 Å². The molecule has 0 bridgehead atoms. The van der Waals surface area contributed by atoms with Crippen molar-refractivity contribution in [2.45, 2.75) is 32.7 Å². The van der Waals surface area contributed by atoms with Crippen LogP contribution in [0.3, 0.4) is 0 Å². The van der Waals surface area contributed by atoms with E-state index in [0.717, 1.165) is 0 Å². The number of carbonyl (C=O) groups excluding carboxylic acids is 2. The van der Waals surface area contributed by atoms with Gasteiger partial charge in [-0.1, -0.05) is 0 Å². The molecule has 0 saturated heterocycles. The van der Waals surface area contributed by atoms with Crippen LogP contribution in [0.1, 0.15) is 37.0 Å². The molecule has 1 aromatic rings. The molecule has 1 aromatic carbocycles. The second-order valence-electron chi connectivity index (χ2n) is 5.46. The highest BCUT2D eigenvalue weighted by atomic mass is 16.5. The number of nitrogens with zero attached hydrogens (tertiary/aromatic N) is 1. The molecule has 0 fully saturated rings. The SMILES string of the molecule is COc1cc(C(C)=O)ccc1OCCCC(=O)N(C)C(C)CN. The highest BCUT2D eigenvalue weighted by Crippen LogP contribution is 2.28. The van der Waals surface area contributed by atoms with E-state index in [0.29, 0.717) is 43.1 Å². The number of methoxy groups -OCH3 is 1. The maximum Gasteiger partial charge on any atom is 0.222 e. The molecule has 0 radical (unpaired) electrons. The first-order valence-electron chi connectivity index (χ1n) is 7.68. The Hall–Kier alpha value is -2.08. The number of ether oxygens (including phenoxy) is 2. The second kappa shape index (κ2) is 9.15. The maximum absolute atomic E-state index is 12.0. The Morgan fingerprint density at radius 3 is 2.57 bits per heavy atom. The Morgan fingerprint density at radius 2 is 2.00 bits per heavy atom. The van der Waals surface area contributed by atoms with Crippen molar-refractivity contribution in [3.8, 4) is 11.5 Å². The maximum atomic E-state index is 12.0. The quantitative estimate of drug-likeness (QED) is 0.554. The molecule has 2 N–H and O–H groups in total. The van der Waals surface area contributed by atoms with E-state index in [2.05, 4.69) is 0 Å². The molecule has 0 aliphatic heterocycles. The van der Waals surface area contributed by atoms with E-state index in [1.807, 2.05) is 6.92 Å². The monoisotopic (exact) mass is 322 g/mol. The molecule has 0 heterocycles. The fourth-order valence-corrected chi connectivity index (χ4v) is 1.99. The summed E-state index contributed by atoms with van der Waals surface area (Å²) in [6.07, 6.45) is 0.993. The first-order valence-corrected chi connectivity index (χ1v) is 7.68. The molecule has 1 rings (SSSR count). The Bertz CT molecular complexity index is 545. The number of amides is 1. The smallest absolute Gasteiger partial charge is 0.222 e. The van der Waals surface area contributed by atoms with E-state index >= 15 is 0 Å². The van der Waals surface area contributed by atoms with Gasteiger partial charge in [-0.2, -0.15) is 0 Å². The van der Waals surface area contributed by atoms with Crippen LogP contribution in [0.15, 0.2) is 18.2 Å². The number of carbonyl (C=O) groups is 2. The van der Waals surface area contributed by atoms with E-state index in [9.17, 15) is 9.59 Å². The molecule has 128 valence electrons. The van der Waals surface area contributed by atoms with Crippen LogP contribution >= 0.6 is 0 Å². The number of hydrogen-bond acceptors (Lipinski definition) is 5. The number of hydrogen-bond donors (Lipinski definition) is 1. The van der Waals surface area contributed by atoms with Gasteiger partial charge in [0, 0.05) is 31.6 Å². The van der Waals surface area contributed by atoms with Crippen molar-refractivity contribution in [2.75, 3.05) is 27.3 Å². The zero-order valence-corrected chi connectivity index (χ0v) is 14.3. The summed E-state index contributed by atoms with van der Waals surface area (Å²) in [5.41, 5.74) is 6.12. The number of nitrogens with two attached hydrogens (primary N) is 1. The predicted molar refractivity (Wildman–Crippen MR) is 89.0 cm³/mol. The summed E-state index contributed by atoms with van der Waals surface area (Å²) in [6.45, 7) is 4.25. The van der Waals surface area contributed by atoms with Gasteiger partial charge in [-0.05, 0) is 38.5 Å². The molecule has 0 aliphatic rings. The standard InChI is InChI=1S/C17H26N2O4/c1-12(11-18)19(3)17(21)6-5-9-23-15-8-7-14(13(2)20)10-16(15)22-4/h7-8,10,12H,5-6,9,11,18H2,1-4H3. The van der Waals surface area contributed by atoms with Crippen molar-refractivity contribution in [2.24, 2.45) is 5.73 Å². The normalized spacial score (nSPS) is 11.7. The summed E-state index contributed by atoms with van der Waals surface area (Å²) in [7, 11) is 3.28. The fourth-order valence-electron chi connectivity index (χ4n) is 1.99. The van der Waals surface area contributed by atoms with Gasteiger partial charge in [-0.3, -0.25) is 9.59 Å². The van der Waals surface area contributed by atoms with Crippen LogP contribution in [0.2, 0.25) is 0 Å². The van der Waals surface area contributed by atoms with Crippen molar-refractivity contribution in [1.82, 2.24) is 4.90 Å². The Morgan fingerprint density at radius 1 is 1.30 bits per heavy atom. The average molecular weight is 322 g/mol. The van der Waals surface area contributed by atoms with Crippen LogP contribution in [-0.2, 0) is 4.79 Å². The van der Waals surface area contributed by atoms with Crippen LogP contribution in [0.4, 0.5) is 0 Å². The van der Waals surface area contributed by atoms with Gasteiger partial charge in [0.2, 0.25) is 5.91 Å². The summed E-state index contributed by atoms with van der Waals surface area (Å²) >= 11 is 0. The lowest BCUT2D eigenvalue weighted by Gasteiger charge is -2.23. The third-order valence-electron chi connectivity index (χ3n) is 3.76. The Labute approximate surface area is 137 Å². The van der Waals surface area contributed by atoms with Crippen LogP contribution < -0.4 is 15.2 Å². The van der Waals surface area contributed by atoms with E-state index < -0.39 is 0 Å². The van der Waals surface area contributed by atoms with Crippen LogP contribution in [0.25, 0.3) is 0 Å². The third kappa shape index (κ3) is 5.56. The number of Topliss-reactive ketones (excluding diaryl/α,β-unsaturated/α-hetero) is 1. The molecule has 0 aromatic heterocycles. The summed E-state index contributed by atoms with van der Waals surface area (Å²) in [5, 5.41) is 0. The lowest BCUT2D eigenvalue weighted by Crippen LogP contribution is -2.39. The molecular weight excluding hydrogens is 296 g/mol. The van der Waals surface area contributed by atoms with Crippen LogP contribution in [-0.4, -0.2) is 49.9 Å². The summed E-state index contributed by atoms with van der Waals surface area (Å²) in [4.78, 5) is 25.0. The number of rotatable bonds is 9. The molecule has 0 spiro atoms. The summed E-state index contributed by atoms with van der Waals surface area (Å²) in [6, 6.07) is 5.09. The molecule has 0 aliphatic carbocycles. The van der Waals surface area contributed by atoms with E-state index in [4.69, 9.17) is 15.2 Å². The minimum absolute atomic E-state index is 0.0301. The van der Waals surface area contributed by atoms with Crippen LogP contribution in [0, 0.1) is 0 Å². The van der Waals surface area contributed by atoms with Crippen molar-refractivity contribution in [3.05, 3.63) is 23.8 Å². The van der Waals surface area contributed by atoms with E-state index in [1.165, 1.54) is 14.0 Å². The van der Waals surface area contributed by atoms with Crippen LogP contribution in [0.5, 0.6) is 11.5 Å². The summed E-state index contributed by atoms with van der Waals surface area (Å²) < 4.78 is 10.9. The molecule has 6 heteroatoms. The van der Waals surface area contributed by atoms with Gasteiger partial charge in [0.25, 0.3) is 0 Å². The largest absolute Gasteiger partial charge is 0.493 e. The molecule has 1 unspecified atom stereocenters. The van der Waals surface area contributed by atoms with Gasteiger partial charge in [-0.25, -0.2) is 0 Å². The molecule has 1 amide bonds. The fraction of sp³-hybridized carbons (Fsp3) is 0.529. The Kier molecular flexibility index (Phi) is 7.54. The van der Waals surface area contributed by atoms with E-state index in [-0.39, 0.29) is 17.7 Å². The molecule has 6 nitrogen and oxygen atoms in total. The van der Waals surface area contributed by atoms with Gasteiger partial charge in [0.05, 0.1) is 13.7 Å². The summed E-state index contributed by atoms with van der Waals surface area (Å²) in [5.74, 6) is 1.09. The van der Waals surface area contributed by atoms with Gasteiger partial charge >= 0.3 is 0 Å². The third-order valence-corrected chi connectivity index (χ3v) is 3.76. The Balaban J connectivity index is 2.50. The zero-order chi connectivity index (χ0) is 17.4. The predicted octanol–water partition coefficient (Wildman–Crippen LogP) is 1.86. The highest BCUT2D eigenvalue weighted by Gasteiger charge is 2.14.